The molecule has 1 fully saturated rings. The van der Waals surface area contributed by atoms with Gasteiger partial charge in [0.2, 0.25) is 0 Å². The first-order valence-electron chi connectivity index (χ1n) is 6.73. The molecule has 0 bridgehead atoms. The average Bonchev–Trinajstić information content (AvgIpc) is 2.61. The third-order valence-corrected chi connectivity index (χ3v) is 6.45. The second-order valence-corrected chi connectivity index (χ2v) is 8.95. The predicted molar refractivity (Wildman–Crippen MR) is 82.7 cm³/mol. The molecule has 2 N–H and O–H groups in total. The van der Waals surface area contributed by atoms with Crippen LogP contribution in [0.25, 0.3) is 0 Å². The molecule has 6 heteroatoms. The summed E-state index contributed by atoms with van der Waals surface area (Å²) in [4.78, 5) is 0.999. The number of sulfone groups is 1. The molecule has 0 saturated carbocycles. The fraction of sp³-hybridized carbons (Fsp3) is 0.571. The molecule has 4 nitrogen and oxygen atoms in total. The third kappa shape index (κ3) is 4.48. The minimum absolute atomic E-state index is 0.0650. The van der Waals surface area contributed by atoms with E-state index in [2.05, 4.69) is 19.2 Å². The molecule has 0 radical (unpaired) electrons. The second kappa shape index (κ2) is 6.47. The summed E-state index contributed by atoms with van der Waals surface area (Å²) < 4.78 is 22.9. The Bertz CT molecular complexity index is 540. The Balaban J connectivity index is 1.94. The summed E-state index contributed by atoms with van der Waals surface area (Å²) >= 11 is 1.45. The lowest BCUT2D eigenvalue weighted by Crippen LogP contribution is -2.21. The standard InChI is InChI=1S/C14H21NO3S2/c1-10(2)15-7-11-3-5-12(6-4-11)19-14-9-20(17,18)8-13(14)16/h3-6,10,13-16H,7-9H2,1-2H3. The minimum atomic E-state index is -3.07. The number of aliphatic hydroxyl groups is 1. The summed E-state index contributed by atoms with van der Waals surface area (Å²) in [7, 11) is -3.07. The van der Waals surface area contributed by atoms with Gasteiger partial charge in [0.15, 0.2) is 9.84 Å². The molecule has 2 atom stereocenters. The van der Waals surface area contributed by atoms with Crippen molar-refractivity contribution in [3.8, 4) is 0 Å². The molecular weight excluding hydrogens is 294 g/mol. The van der Waals surface area contributed by atoms with Crippen LogP contribution in [0.5, 0.6) is 0 Å². The highest BCUT2D eigenvalue weighted by molar-refractivity contribution is 8.02. The lowest BCUT2D eigenvalue weighted by Gasteiger charge is -2.13. The van der Waals surface area contributed by atoms with Crippen molar-refractivity contribution in [2.45, 2.75) is 42.7 Å². The van der Waals surface area contributed by atoms with Gasteiger partial charge in [-0.15, -0.1) is 11.8 Å². The first-order chi connectivity index (χ1) is 9.35. The molecule has 1 aliphatic rings. The van der Waals surface area contributed by atoms with Crippen LogP contribution in [0.1, 0.15) is 19.4 Å². The molecule has 112 valence electrons. The van der Waals surface area contributed by atoms with Gasteiger partial charge in [-0.1, -0.05) is 26.0 Å². The van der Waals surface area contributed by atoms with Crippen LogP contribution in [-0.2, 0) is 16.4 Å². The Hall–Kier alpha value is -0.560. The molecule has 1 aromatic rings. The number of benzene rings is 1. The van der Waals surface area contributed by atoms with Crippen LogP contribution in [0, 0.1) is 0 Å². The molecule has 1 heterocycles. The summed E-state index contributed by atoms with van der Waals surface area (Å²) in [5.41, 5.74) is 1.20. The van der Waals surface area contributed by atoms with E-state index in [0.717, 1.165) is 11.4 Å². The smallest absolute Gasteiger partial charge is 0.154 e. The van der Waals surface area contributed by atoms with Crippen LogP contribution in [-0.4, -0.2) is 42.4 Å². The molecule has 0 aromatic heterocycles. The van der Waals surface area contributed by atoms with Crippen molar-refractivity contribution >= 4 is 21.6 Å². The van der Waals surface area contributed by atoms with E-state index in [9.17, 15) is 13.5 Å². The van der Waals surface area contributed by atoms with E-state index in [-0.39, 0.29) is 16.8 Å². The number of aliphatic hydroxyl groups excluding tert-OH is 1. The van der Waals surface area contributed by atoms with Crippen molar-refractivity contribution < 1.29 is 13.5 Å². The van der Waals surface area contributed by atoms with Crippen molar-refractivity contribution in [1.29, 1.82) is 0 Å². The minimum Gasteiger partial charge on any atom is -0.391 e. The Morgan fingerprint density at radius 2 is 1.95 bits per heavy atom. The van der Waals surface area contributed by atoms with Crippen molar-refractivity contribution in [2.75, 3.05) is 11.5 Å². The SMILES string of the molecule is CC(C)NCc1ccc(SC2CS(=O)(=O)CC2O)cc1. The van der Waals surface area contributed by atoms with Crippen molar-refractivity contribution in [2.24, 2.45) is 0 Å². The van der Waals surface area contributed by atoms with E-state index < -0.39 is 15.9 Å². The Kier molecular flexibility index (Phi) is 5.12. The quantitative estimate of drug-likeness (QED) is 0.860. The maximum atomic E-state index is 11.5. The van der Waals surface area contributed by atoms with E-state index in [1.807, 2.05) is 24.3 Å². The summed E-state index contributed by atoms with van der Waals surface area (Å²) in [6, 6.07) is 8.49. The van der Waals surface area contributed by atoms with Crippen LogP contribution in [0.2, 0.25) is 0 Å². The fourth-order valence-corrected chi connectivity index (χ4v) is 5.62. The van der Waals surface area contributed by atoms with Gasteiger partial charge in [0.05, 0.1) is 22.9 Å². The van der Waals surface area contributed by atoms with Crippen molar-refractivity contribution in [3.63, 3.8) is 0 Å². The van der Waals surface area contributed by atoms with Gasteiger partial charge in [0, 0.05) is 17.5 Å². The fourth-order valence-electron chi connectivity index (χ4n) is 2.09. The molecule has 1 aliphatic heterocycles. The highest BCUT2D eigenvalue weighted by atomic mass is 32.2. The zero-order chi connectivity index (χ0) is 14.8. The summed E-state index contributed by atoms with van der Waals surface area (Å²) in [5, 5.41) is 12.9. The zero-order valence-electron chi connectivity index (χ0n) is 11.7. The zero-order valence-corrected chi connectivity index (χ0v) is 13.4. The molecule has 1 saturated heterocycles. The molecular formula is C14H21NO3S2. The lowest BCUT2D eigenvalue weighted by molar-refractivity contribution is 0.207. The monoisotopic (exact) mass is 315 g/mol. The molecule has 1 aromatic carbocycles. The van der Waals surface area contributed by atoms with Crippen molar-refractivity contribution in [3.05, 3.63) is 29.8 Å². The lowest BCUT2D eigenvalue weighted by atomic mass is 10.2. The Morgan fingerprint density at radius 1 is 1.30 bits per heavy atom. The summed E-state index contributed by atoms with van der Waals surface area (Å²) in [5.74, 6) is -0.0451. The number of hydrogen-bond acceptors (Lipinski definition) is 5. The van der Waals surface area contributed by atoms with Gasteiger partial charge in [0.25, 0.3) is 0 Å². The molecule has 20 heavy (non-hydrogen) atoms. The van der Waals surface area contributed by atoms with Crippen LogP contribution < -0.4 is 5.32 Å². The highest BCUT2D eigenvalue weighted by Crippen LogP contribution is 2.31. The van der Waals surface area contributed by atoms with Gasteiger partial charge < -0.3 is 10.4 Å². The van der Waals surface area contributed by atoms with E-state index in [0.29, 0.717) is 6.04 Å². The van der Waals surface area contributed by atoms with E-state index in [1.54, 1.807) is 0 Å². The molecule has 2 unspecified atom stereocenters. The largest absolute Gasteiger partial charge is 0.391 e. The maximum Gasteiger partial charge on any atom is 0.154 e. The second-order valence-electron chi connectivity index (χ2n) is 5.48. The predicted octanol–water partition coefficient (Wildman–Crippen LogP) is 1.43. The van der Waals surface area contributed by atoms with Gasteiger partial charge in [-0.2, -0.15) is 0 Å². The average molecular weight is 315 g/mol. The van der Waals surface area contributed by atoms with E-state index >= 15 is 0 Å². The van der Waals surface area contributed by atoms with Gasteiger partial charge in [-0.3, -0.25) is 0 Å². The first kappa shape index (κ1) is 15.8. The number of rotatable bonds is 5. The van der Waals surface area contributed by atoms with Gasteiger partial charge in [0.1, 0.15) is 0 Å². The topological polar surface area (TPSA) is 66.4 Å². The molecule has 0 aliphatic carbocycles. The first-order valence-corrected chi connectivity index (χ1v) is 9.43. The van der Waals surface area contributed by atoms with Crippen LogP contribution in [0.3, 0.4) is 0 Å². The van der Waals surface area contributed by atoms with E-state index in [1.165, 1.54) is 17.3 Å². The van der Waals surface area contributed by atoms with E-state index in [4.69, 9.17) is 0 Å². The van der Waals surface area contributed by atoms with Crippen LogP contribution in [0.4, 0.5) is 0 Å². The van der Waals surface area contributed by atoms with Gasteiger partial charge >= 0.3 is 0 Å². The third-order valence-electron chi connectivity index (χ3n) is 3.20. The number of hydrogen-bond donors (Lipinski definition) is 2. The Morgan fingerprint density at radius 3 is 2.45 bits per heavy atom. The van der Waals surface area contributed by atoms with Gasteiger partial charge in [-0.25, -0.2) is 8.42 Å². The molecule has 2 rings (SSSR count). The van der Waals surface area contributed by atoms with Crippen molar-refractivity contribution in [1.82, 2.24) is 5.32 Å². The number of thioether (sulfide) groups is 1. The highest BCUT2D eigenvalue weighted by Gasteiger charge is 2.36. The van der Waals surface area contributed by atoms with Gasteiger partial charge in [-0.05, 0) is 17.7 Å². The number of nitrogens with one attached hydrogen (secondary N) is 1. The van der Waals surface area contributed by atoms with Crippen LogP contribution in [0.15, 0.2) is 29.2 Å². The summed E-state index contributed by atoms with van der Waals surface area (Å²) in [6.45, 7) is 5.03. The normalized spacial score (nSPS) is 25.2. The molecule has 0 amide bonds. The Labute approximate surface area is 124 Å². The van der Waals surface area contributed by atoms with Crippen LogP contribution >= 0.6 is 11.8 Å². The summed E-state index contributed by atoms with van der Waals surface area (Å²) in [6.07, 6.45) is -0.757. The maximum absolute atomic E-state index is 11.5. The molecule has 0 spiro atoms.